The van der Waals surface area contributed by atoms with E-state index in [-0.39, 0.29) is 0 Å². The molecule has 3 heteroatoms. The zero-order valence-corrected chi connectivity index (χ0v) is 15.2. The van der Waals surface area contributed by atoms with Crippen LogP contribution >= 0.6 is 11.8 Å². The van der Waals surface area contributed by atoms with Crippen molar-refractivity contribution in [3.8, 4) is 0 Å². The maximum Gasteiger partial charge on any atom is 0.0946 e. The summed E-state index contributed by atoms with van der Waals surface area (Å²) in [4.78, 5) is 5.56. The van der Waals surface area contributed by atoms with Gasteiger partial charge in [0.1, 0.15) is 0 Å². The summed E-state index contributed by atoms with van der Waals surface area (Å²) >= 11 is 1.99. The number of hydrogen-bond acceptors (Lipinski definition) is 2. The zero-order chi connectivity index (χ0) is 16.8. The third-order valence-corrected chi connectivity index (χ3v) is 5.67. The van der Waals surface area contributed by atoms with Gasteiger partial charge in [0, 0.05) is 29.1 Å². The molecule has 1 aromatic heterocycles. The van der Waals surface area contributed by atoms with Gasteiger partial charge in [-0.1, -0.05) is 48.0 Å². The molecule has 3 rings (SSSR count). The first-order chi connectivity index (χ1) is 11.7. The maximum absolute atomic E-state index is 4.18. The fraction of sp³-hybridized carbons (Fsp3) is 0.286. The van der Waals surface area contributed by atoms with Gasteiger partial charge in [-0.15, -0.1) is 11.8 Å². The van der Waals surface area contributed by atoms with E-state index in [4.69, 9.17) is 0 Å². The van der Waals surface area contributed by atoms with Crippen LogP contribution in [0.4, 0.5) is 0 Å². The van der Waals surface area contributed by atoms with E-state index in [0.29, 0.717) is 5.25 Å². The largest absolute Gasteiger partial charge is 0.336 e. The summed E-state index contributed by atoms with van der Waals surface area (Å²) in [5.74, 6) is 0. The van der Waals surface area contributed by atoms with Gasteiger partial charge in [-0.2, -0.15) is 0 Å². The third-order valence-electron chi connectivity index (χ3n) is 4.24. The molecular formula is C21H24N2S. The van der Waals surface area contributed by atoms with Gasteiger partial charge in [0.25, 0.3) is 0 Å². The lowest BCUT2D eigenvalue weighted by molar-refractivity contribution is 0.624. The summed E-state index contributed by atoms with van der Waals surface area (Å²) < 4.78 is 2.19. The van der Waals surface area contributed by atoms with Crippen LogP contribution < -0.4 is 0 Å². The van der Waals surface area contributed by atoms with E-state index in [1.165, 1.54) is 21.6 Å². The Labute approximate surface area is 148 Å². The molecule has 0 fully saturated rings. The zero-order valence-electron chi connectivity index (χ0n) is 14.4. The number of nitrogens with zero attached hydrogens (tertiary/aromatic N) is 2. The highest BCUT2D eigenvalue weighted by Gasteiger charge is 2.13. The monoisotopic (exact) mass is 336 g/mol. The average molecular weight is 337 g/mol. The van der Waals surface area contributed by atoms with Crippen LogP contribution in [0.1, 0.15) is 23.1 Å². The van der Waals surface area contributed by atoms with Gasteiger partial charge in [-0.25, -0.2) is 4.98 Å². The number of benzene rings is 2. The minimum Gasteiger partial charge on any atom is -0.336 e. The summed E-state index contributed by atoms with van der Waals surface area (Å²) in [6, 6.07) is 17.6. The van der Waals surface area contributed by atoms with Gasteiger partial charge in [0.2, 0.25) is 0 Å². The molecule has 0 saturated carbocycles. The predicted octanol–water partition coefficient (Wildman–Crippen LogP) is 5.29. The van der Waals surface area contributed by atoms with E-state index in [9.17, 15) is 0 Å². The van der Waals surface area contributed by atoms with Crippen molar-refractivity contribution in [2.24, 2.45) is 0 Å². The lowest BCUT2D eigenvalue weighted by Gasteiger charge is -2.18. The Kier molecular flexibility index (Phi) is 5.76. The molecule has 1 unspecified atom stereocenters. The topological polar surface area (TPSA) is 17.8 Å². The summed E-state index contributed by atoms with van der Waals surface area (Å²) in [6.07, 6.45) is 8.09. The van der Waals surface area contributed by atoms with E-state index in [1.807, 2.05) is 24.3 Å². The molecule has 1 heterocycles. The Balaban J connectivity index is 1.69. The van der Waals surface area contributed by atoms with Crippen molar-refractivity contribution in [2.75, 3.05) is 0 Å². The summed E-state index contributed by atoms with van der Waals surface area (Å²) in [5, 5.41) is 0.529. The van der Waals surface area contributed by atoms with Gasteiger partial charge < -0.3 is 4.57 Å². The summed E-state index contributed by atoms with van der Waals surface area (Å²) in [5.41, 5.74) is 4.10. The van der Waals surface area contributed by atoms with Crippen LogP contribution in [0.3, 0.4) is 0 Å². The molecule has 3 aromatic rings. The number of aryl methyl sites for hydroxylation is 3. The van der Waals surface area contributed by atoms with Gasteiger partial charge in [-0.05, 0) is 43.9 Å². The Morgan fingerprint density at radius 1 is 1.04 bits per heavy atom. The Morgan fingerprint density at radius 3 is 2.54 bits per heavy atom. The molecule has 0 amide bonds. The molecule has 124 valence electrons. The average Bonchev–Trinajstić information content (AvgIpc) is 3.09. The quantitative estimate of drug-likeness (QED) is 0.545. The maximum atomic E-state index is 4.18. The molecule has 0 spiro atoms. The first-order valence-corrected chi connectivity index (χ1v) is 9.32. The van der Waals surface area contributed by atoms with E-state index in [1.54, 1.807) is 0 Å². The molecular weight excluding hydrogens is 312 g/mol. The normalized spacial score (nSPS) is 12.2. The fourth-order valence-corrected chi connectivity index (χ4v) is 4.02. The van der Waals surface area contributed by atoms with E-state index in [2.05, 4.69) is 78.1 Å². The second kappa shape index (κ2) is 8.20. The Hall–Kier alpha value is -2.00. The number of imidazole rings is 1. The van der Waals surface area contributed by atoms with Gasteiger partial charge >= 0.3 is 0 Å². The first-order valence-electron chi connectivity index (χ1n) is 8.44. The van der Waals surface area contributed by atoms with Crippen LogP contribution in [0, 0.1) is 13.8 Å². The standard InChI is InChI=1S/C21H24N2S/c1-17-7-9-19(10-8-17)11-12-20(15-23-14-13-22-16-23)24-21-6-4-3-5-18(21)2/h3-10,13-14,16,20H,11-12,15H2,1-2H3. The molecule has 2 aromatic carbocycles. The first kappa shape index (κ1) is 16.8. The highest BCUT2D eigenvalue weighted by Crippen LogP contribution is 2.30. The SMILES string of the molecule is Cc1ccc(CCC(Cn2ccnc2)Sc2ccccc2C)cc1. The van der Waals surface area contributed by atoms with Crippen LogP contribution in [0.5, 0.6) is 0 Å². The van der Waals surface area contributed by atoms with Crippen molar-refractivity contribution in [3.05, 3.63) is 83.9 Å². The van der Waals surface area contributed by atoms with Crippen molar-refractivity contribution < 1.29 is 0 Å². The van der Waals surface area contributed by atoms with Gasteiger partial charge in [-0.3, -0.25) is 0 Å². The lowest BCUT2D eigenvalue weighted by atomic mass is 10.1. The van der Waals surface area contributed by atoms with Crippen LogP contribution in [0.25, 0.3) is 0 Å². The van der Waals surface area contributed by atoms with Crippen LogP contribution in [0.15, 0.2) is 72.1 Å². The minimum atomic E-state index is 0.529. The van der Waals surface area contributed by atoms with Gasteiger partial charge in [0.15, 0.2) is 0 Å². The van der Waals surface area contributed by atoms with Crippen molar-refractivity contribution in [1.82, 2.24) is 9.55 Å². The van der Waals surface area contributed by atoms with Crippen LogP contribution in [0.2, 0.25) is 0 Å². The smallest absolute Gasteiger partial charge is 0.0946 e. The highest BCUT2D eigenvalue weighted by atomic mass is 32.2. The fourth-order valence-electron chi connectivity index (χ4n) is 2.77. The molecule has 0 bridgehead atoms. The predicted molar refractivity (Wildman–Crippen MR) is 103 cm³/mol. The van der Waals surface area contributed by atoms with E-state index in [0.717, 1.165) is 19.4 Å². The molecule has 0 aliphatic heterocycles. The van der Waals surface area contributed by atoms with Crippen molar-refractivity contribution in [3.63, 3.8) is 0 Å². The van der Waals surface area contributed by atoms with Crippen molar-refractivity contribution >= 4 is 11.8 Å². The summed E-state index contributed by atoms with van der Waals surface area (Å²) in [6.45, 7) is 5.32. The third kappa shape index (κ3) is 4.75. The highest BCUT2D eigenvalue weighted by molar-refractivity contribution is 8.00. The molecule has 2 nitrogen and oxygen atoms in total. The second-order valence-corrected chi connectivity index (χ2v) is 7.63. The number of thioether (sulfide) groups is 1. The van der Waals surface area contributed by atoms with Crippen molar-refractivity contribution in [1.29, 1.82) is 0 Å². The number of aromatic nitrogens is 2. The molecule has 0 N–H and O–H groups in total. The second-order valence-electron chi connectivity index (χ2n) is 6.29. The molecule has 0 aliphatic carbocycles. The minimum absolute atomic E-state index is 0.529. The molecule has 1 atom stereocenters. The lowest BCUT2D eigenvalue weighted by Crippen LogP contribution is -2.13. The molecule has 24 heavy (non-hydrogen) atoms. The molecule has 0 aliphatic rings. The van der Waals surface area contributed by atoms with Crippen LogP contribution in [-0.2, 0) is 13.0 Å². The van der Waals surface area contributed by atoms with E-state index < -0.39 is 0 Å². The molecule has 0 saturated heterocycles. The van der Waals surface area contributed by atoms with Crippen LogP contribution in [-0.4, -0.2) is 14.8 Å². The summed E-state index contributed by atoms with van der Waals surface area (Å²) in [7, 11) is 0. The molecule has 0 radical (unpaired) electrons. The van der Waals surface area contributed by atoms with E-state index >= 15 is 0 Å². The van der Waals surface area contributed by atoms with Gasteiger partial charge in [0.05, 0.1) is 6.33 Å². The number of rotatable bonds is 7. The number of hydrogen-bond donors (Lipinski definition) is 0. The van der Waals surface area contributed by atoms with Crippen molar-refractivity contribution in [2.45, 2.75) is 43.4 Å². The Bertz CT molecular complexity index is 748. The Morgan fingerprint density at radius 2 is 1.83 bits per heavy atom.